The van der Waals surface area contributed by atoms with Crippen molar-refractivity contribution >= 4 is 23.4 Å². The van der Waals surface area contributed by atoms with Gasteiger partial charge >= 0.3 is 0 Å². The van der Waals surface area contributed by atoms with Gasteiger partial charge in [0.2, 0.25) is 5.95 Å². The number of nitriles is 1. The standard InChI is InChI=1S/C22H23FN8O/c1-14-9-25-21(27-16-10-26-30(3)11-16)28-19(14)31-12-22(13-31,7-8-24)29-20(32)17-5-4-6-18(23)15(17)2/h4-6,9-11H,7,12-13H2,1-3H3,(H,29,32)(H,25,27,28). The lowest BCUT2D eigenvalue weighted by Gasteiger charge is -2.50. The van der Waals surface area contributed by atoms with Crippen LogP contribution in [0.2, 0.25) is 0 Å². The Kier molecular flexibility index (Phi) is 5.48. The van der Waals surface area contributed by atoms with Gasteiger partial charge in [0.05, 0.1) is 29.9 Å². The highest BCUT2D eigenvalue weighted by Gasteiger charge is 2.45. The molecule has 10 heteroatoms. The molecule has 3 aromatic rings. The molecule has 0 aliphatic carbocycles. The van der Waals surface area contributed by atoms with E-state index in [0.717, 1.165) is 17.1 Å². The van der Waals surface area contributed by atoms with Crippen molar-refractivity contribution in [2.75, 3.05) is 23.3 Å². The summed E-state index contributed by atoms with van der Waals surface area (Å²) < 4.78 is 15.5. The fourth-order valence-corrected chi connectivity index (χ4v) is 3.81. The Labute approximate surface area is 184 Å². The maximum atomic E-state index is 13.9. The van der Waals surface area contributed by atoms with Crippen molar-refractivity contribution < 1.29 is 9.18 Å². The number of nitrogens with one attached hydrogen (secondary N) is 2. The van der Waals surface area contributed by atoms with E-state index in [-0.39, 0.29) is 17.5 Å². The number of aryl methyl sites for hydroxylation is 2. The summed E-state index contributed by atoms with van der Waals surface area (Å²) in [5.41, 5.74) is 1.45. The van der Waals surface area contributed by atoms with E-state index in [0.29, 0.717) is 19.0 Å². The number of benzene rings is 1. The maximum absolute atomic E-state index is 13.9. The molecule has 3 heterocycles. The molecule has 1 aliphatic heterocycles. The molecule has 32 heavy (non-hydrogen) atoms. The van der Waals surface area contributed by atoms with Gasteiger partial charge in [0.1, 0.15) is 11.6 Å². The molecule has 9 nitrogen and oxygen atoms in total. The fourth-order valence-electron chi connectivity index (χ4n) is 3.81. The third kappa shape index (κ3) is 4.09. The molecule has 1 saturated heterocycles. The number of hydrogen-bond donors (Lipinski definition) is 2. The first kappa shape index (κ1) is 21.2. The molecule has 0 bridgehead atoms. The van der Waals surface area contributed by atoms with E-state index >= 15 is 0 Å². The summed E-state index contributed by atoms with van der Waals surface area (Å²) in [7, 11) is 1.82. The minimum atomic E-state index is -0.737. The van der Waals surface area contributed by atoms with Crippen molar-refractivity contribution in [2.24, 2.45) is 7.05 Å². The van der Waals surface area contributed by atoms with Gasteiger partial charge in [-0.2, -0.15) is 15.3 Å². The molecule has 4 rings (SSSR count). The van der Waals surface area contributed by atoms with Crippen molar-refractivity contribution in [1.82, 2.24) is 25.1 Å². The average molecular weight is 434 g/mol. The summed E-state index contributed by atoms with van der Waals surface area (Å²) in [5.74, 6) is 0.315. The van der Waals surface area contributed by atoms with Crippen molar-refractivity contribution in [2.45, 2.75) is 25.8 Å². The highest BCUT2D eigenvalue weighted by atomic mass is 19.1. The van der Waals surface area contributed by atoms with Crippen LogP contribution >= 0.6 is 0 Å². The van der Waals surface area contributed by atoms with Gasteiger partial charge in [-0.25, -0.2) is 9.37 Å². The van der Waals surface area contributed by atoms with E-state index in [9.17, 15) is 14.4 Å². The number of aromatic nitrogens is 4. The van der Waals surface area contributed by atoms with Crippen LogP contribution in [0.1, 0.15) is 27.9 Å². The quantitative estimate of drug-likeness (QED) is 0.613. The second-order valence-electron chi connectivity index (χ2n) is 8.07. The molecule has 1 aliphatic rings. The Morgan fingerprint density at radius 1 is 1.31 bits per heavy atom. The third-order valence-corrected chi connectivity index (χ3v) is 5.50. The molecule has 0 spiro atoms. The zero-order valence-electron chi connectivity index (χ0n) is 18.1. The van der Waals surface area contributed by atoms with Crippen LogP contribution in [-0.2, 0) is 7.05 Å². The number of amides is 1. The van der Waals surface area contributed by atoms with Crippen molar-refractivity contribution in [3.8, 4) is 6.07 Å². The van der Waals surface area contributed by atoms with Gasteiger partial charge in [-0.05, 0) is 31.5 Å². The minimum Gasteiger partial charge on any atom is -0.351 e. The number of rotatable bonds is 6. The summed E-state index contributed by atoms with van der Waals surface area (Å²) in [6.45, 7) is 4.28. The van der Waals surface area contributed by atoms with Crippen LogP contribution in [0.15, 0.2) is 36.8 Å². The predicted octanol–water partition coefficient (Wildman–Crippen LogP) is 2.61. The van der Waals surface area contributed by atoms with E-state index in [4.69, 9.17) is 0 Å². The Morgan fingerprint density at radius 2 is 2.09 bits per heavy atom. The fraction of sp³-hybridized carbons (Fsp3) is 0.318. The molecule has 1 amide bonds. The number of carbonyl (C=O) groups excluding carboxylic acids is 1. The molecule has 2 N–H and O–H groups in total. The number of hydrogen-bond acceptors (Lipinski definition) is 7. The lowest BCUT2D eigenvalue weighted by atomic mass is 9.85. The zero-order valence-corrected chi connectivity index (χ0v) is 18.1. The molecule has 1 fully saturated rings. The van der Waals surface area contributed by atoms with Gasteiger partial charge in [0.15, 0.2) is 0 Å². The molecular weight excluding hydrogens is 411 g/mol. The Morgan fingerprint density at radius 3 is 2.78 bits per heavy atom. The first-order chi connectivity index (χ1) is 15.3. The number of carbonyl (C=O) groups is 1. The molecule has 1 aromatic carbocycles. The number of nitrogens with zero attached hydrogens (tertiary/aromatic N) is 6. The molecule has 164 valence electrons. The van der Waals surface area contributed by atoms with Crippen LogP contribution in [0.5, 0.6) is 0 Å². The second-order valence-corrected chi connectivity index (χ2v) is 8.07. The largest absolute Gasteiger partial charge is 0.351 e. The Bertz CT molecular complexity index is 1210. The topological polar surface area (TPSA) is 112 Å². The lowest BCUT2D eigenvalue weighted by molar-refractivity contribution is 0.0878. The van der Waals surface area contributed by atoms with Crippen LogP contribution in [0.25, 0.3) is 0 Å². The lowest BCUT2D eigenvalue weighted by Crippen LogP contribution is -2.70. The Balaban J connectivity index is 1.50. The van der Waals surface area contributed by atoms with Crippen LogP contribution in [0.3, 0.4) is 0 Å². The van der Waals surface area contributed by atoms with Gasteiger partial charge in [-0.1, -0.05) is 6.07 Å². The van der Waals surface area contributed by atoms with Crippen molar-refractivity contribution in [3.05, 3.63) is 59.3 Å². The van der Waals surface area contributed by atoms with Gasteiger partial charge in [-0.15, -0.1) is 0 Å². The zero-order chi connectivity index (χ0) is 22.9. The number of anilines is 3. The van der Waals surface area contributed by atoms with Crippen molar-refractivity contribution in [3.63, 3.8) is 0 Å². The monoisotopic (exact) mass is 434 g/mol. The van der Waals surface area contributed by atoms with E-state index in [1.165, 1.54) is 12.1 Å². The summed E-state index contributed by atoms with van der Waals surface area (Å²) in [5, 5.41) is 19.5. The minimum absolute atomic E-state index is 0.133. The summed E-state index contributed by atoms with van der Waals surface area (Å²) in [6.07, 6.45) is 5.34. The van der Waals surface area contributed by atoms with E-state index < -0.39 is 17.3 Å². The molecule has 0 saturated carbocycles. The highest BCUT2D eigenvalue weighted by molar-refractivity contribution is 5.96. The van der Waals surface area contributed by atoms with Crippen LogP contribution < -0.4 is 15.5 Å². The molecule has 0 unspecified atom stereocenters. The summed E-state index contributed by atoms with van der Waals surface area (Å²) in [6, 6.07) is 6.55. The molecule has 0 atom stereocenters. The highest BCUT2D eigenvalue weighted by Crippen LogP contribution is 2.32. The average Bonchev–Trinajstić information content (AvgIpc) is 3.14. The summed E-state index contributed by atoms with van der Waals surface area (Å²) >= 11 is 0. The molecular formula is C22H23FN8O. The van der Waals surface area contributed by atoms with Gasteiger partial charge < -0.3 is 15.5 Å². The van der Waals surface area contributed by atoms with Gasteiger partial charge in [0.25, 0.3) is 5.91 Å². The normalized spacial score (nSPS) is 14.4. The van der Waals surface area contributed by atoms with E-state index in [1.54, 1.807) is 30.1 Å². The first-order valence-electron chi connectivity index (χ1n) is 10.1. The van der Waals surface area contributed by atoms with Gasteiger partial charge in [-0.3, -0.25) is 9.48 Å². The second kappa shape index (κ2) is 8.26. The predicted molar refractivity (Wildman–Crippen MR) is 117 cm³/mol. The number of halogens is 1. The Hall–Kier alpha value is -4.00. The van der Waals surface area contributed by atoms with Crippen LogP contribution in [-0.4, -0.2) is 44.3 Å². The van der Waals surface area contributed by atoms with E-state index in [2.05, 4.69) is 31.8 Å². The summed E-state index contributed by atoms with van der Waals surface area (Å²) in [4.78, 5) is 23.7. The smallest absolute Gasteiger partial charge is 0.252 e. The van der Waals surface area contributed by atoms with Crippen molar-refractivity contribution in [1.29, 1.82) is 5.26 Å². The van der Waals surface area contributed by atoms with Crippen LogP contribution in [0.4, 0.5) is 21.8 Å². The van der Waals surface area contributed by atoms with Crippen LogP contribution in [0, 0.1) is 31.0 Å². The van der Waals surface area contributed by atoms with E-state index in [1.807, 2.05) is 25.1 Å². The van der Waals surface area contributed by atoms with Gasteiger partial charge in [0, 0.05) is 43.7 Å². The first-order valence-corrected chi connectivity index (χ1v) is 10.1. The molecule has 0 radical (unpaired) electrons. The molecule has 2 aromatic heterocycles. The third-order valence-electron chi connectivity index (χ3n) is 5.50. The maximum Gasteiger partial charge on any atom is 0.252 e. The SMILES string of the molecule is Cc1cnc(Nc2cnn(C)c2)nc1N1CC(CC#N)(NC(=O)c2cccc(F)c2C)C1.